The number of nitrogens with one attached hydrogen (secondary N) is 2. The molecule has 0 aliphatic heterocycles. The zero-order valence-electron chi connectivity index (χ0n) is 12.1. The second-order valence-electron chi connectivity index (χ2n) is 4.34. The molecule has 0 atom stereocenters. The molecular weight excluding hydrogens is 256 g/mol. The number of nitrogens with zero attached hydrogens (tertiary/aromatic N) is 4. The van der Waals surface area contributed by atoms with Crippen LogP contribution >= 0.6 is 0 Å². The van der Waals surface area contributed by atoms with Gasteiger partial charge in [-0.05, 0) is 13.3 Å². The van der Waals surface area contributed by atoms with Gasteiger partial charge in [0, 0.05) is 32.0 Å². The van der Waals surface area contributed by atoms with E-state index in [1.165, 1.54) is 0 Å². The molecule has 2 rings (SSSR count). The number of aromatic nitrogens is 4. The average Bonchev–Trinajstić information content (AvgIpc) is 2.85. The van der Waals surface area contributed by atoms with Crippen LogP contribution in [0, 0.1) is 6.92 Å². The first kappa shape index (κ1) is 14.2. The highest BCUT2D eigenvalue weighted by molar-refractivity contribution is 5.57. The number of aryl methyl sites for hydroxylation is 1. The van der Waals surface area contributed by atoms with Gasteiger partial charge >= 0.3 is 0 Å². The fourth-order valence-electron chi connectivity index (χ4n) is 1.95. The maximum atomic E-state index is 4.94. The van der Waals surface area contributed by atoms with Gasteiger partial charge in [0.2, 0.25) is 5.89 Å². The molecule has 0 aliphatic rings. The molecule has 108 valence electrons. The monoisotopic (exact) mass is 276 g/mol. The first-order valence-corrected chi connectivity index (χ1v) is 6.85. The maximum Gasteiger partial charge on any atom is 0.223 e. The Morgan fingerprint density at radius 2 is 1.90 bits per heavy atom. The quantitative estimate of drug-likeness (QED) is 0.797. The van der Waals surface area contributed by atoms with Crippen molar-refractivity contribution < 1.29 is 4.52 Å². The lowest BCUT2D eigenvalue weighted by Gasteiger charge is -2.13. The minimum absolute atomic E-state index is 0.589. The summed E-state index contributed by atoms with van der Waals surface area (Å²) >= 11 is 0. The van der Waals surface area contributed by atoms with E-state index in [0.717, 1.165) is 30.2 Å². The third kappa shape index (κ3) is 3.43. The summed E-state index contributed by atoms with van der Waals surface area (Å²) in [4.78, 5) is 12.7. The highest BCUT2D eigenvalue weighted by Crippen LogP contribution is 2.20. The summed E-state index contributed by atoms with van der Waals surface area (Å²) in [7, 11) is 0. The SMILES string of the molecule is CCNc1ncnc(NCCc2noc(C)n2)c1CC. The van der Waals surface area contributed by atoms with Crippen molar-refractivity contribution in [2.75, 3.05) is 23.7 Å². The van der Waals surface area contributed by atoms with E-state index in [1.807, 2.05) is 6.92 Å². The standard InChI is InChI=1S/C13H20N6O/c1-4-10-12(14-5-2)16-8-17-13(10)15-7-6-11-18-9(3)20-19-11/h8H,4-7H2,1-3H3,(H2,14,15,16,17). The van der Waals surface area contributed by atoms with E-state index in [2.05, 4.69) is 37.7 Å². The number of rotatable bonds is 7. The summed E-state index contributed by atoms with van der Waals surface area (Å²) in [6.45, 7) is 7.47. The van der Waals surface area contributed by atoms with Gasteiger partial charge in [-0.2, -0.15) is 4.98 Å². The molecule has 0 fully saturated rings. The number of anilines is 2. The van der Waals surface area contributed by atoms with Gasteiger partial charge in [0.25, 0.3) is 0 Å². The molecule has 0 spiro atoms. The normalized spacial score (nSPS) is 10.6. The molecule has 2 aromatic rings. The summed E-state index contributed by atoms with van der Waals surface area (Å²) in [5, 5.41) is 10.4. The molecule has 2 N–H and O–H groups in total. The van der Waals surface area contributed by atoms with Crippen LogP contribution in [0.15, 0.2) is 10.9 Å². The topological polar surface area (TPSA) is 88.8 Å². The molecule has 7 heteroatoms. The third-order valence-corrected chi connectivity index (χ3v) is 2.85. The van der Waals surface area contributed by atoms with Gasteiger partial charge in [-0.3, -0.25) is 0 Å². The Kier molecular flexibility index (Phi) is 4.86. The predicted octanol–water partition coefficient (Wildman–Crippen LogP) is 1.82. The Morgan fingerprint density at radius 1 is 1.15 bits per heavy atom. The summed E-state index contributed by atoms with van der Waals surface area (Å²) in [5.41, 5.74) is 1.10. The van der Waals surface area contributed by atoms with Crippen LogP contribution in [-0.4, -0.2) is 33.2 Å². The largest absolute Gasteiger partial charge is 0.370 e. The van der Waals surface area contributed by atoms with Crippen LogP contribution in [0.4, 0.5) is 11.6 Å². The van der Waals surface area contributed by atoms with Crippen molar-refractivity contribution in [1.29, 1.82) is 0 Å². The lowest BCUT2D eigenvalue weighted by atomic mass is 10.2. The summed E-state index contributed by atoms with van der Waals surface area (Å²) in [6, 6.07) is 0. The van der Waals surface area contributed by atoms with Crippen molar-refractivity contribution in [3.8, 4) is 0 Å². The van der Waals surface area contributed by atoms with E-state index in [1.54, 1.807) is 13.3 Å². The van der Waals surface area contributed by atoms with Crippen LogP contribution < -0.4 is 10.6 Å². The molecule has 2 aromatic heterocycles. The van der Waals surface area contributed by atoms with Crippen molar-refractivity contribution in [1.82, 2.24) is 20.1 Å². The number of hydrogen-bond donors (Lipinski definition) is 2. The summed E-state index contributed by atoms with van der Waals surface area (Å²) < 4.78 is 4.94. The molecule has 0 saturated heterocycles. The molecule has 7 nitrogen and oxygen atoms in total. The van der Waals surface area contributed by atoms with Crippen LogP contribution in [0.5, 0.6) is 0 Å². The Labute approximate surface area is 118 Å². The van der Waals surface area contributed by atoms with Crippen molar-refractivity contribution in [3.05, 3.63) is 23.6 Å². The van der Waals surface area contributed by atoms with E-state index in [-0.39, 0.29) is 0 Å². The summed E-state index contributed by atoms with van der Waals surface area (Å²) in [5.74, 6) is 3.04. The zero-order valence-corrected chi connectivity index (χ0v) is 12.1. The van der Waals surface area contributed by atoms with E-state index in [9.17, 15) is 0 Å². The third-order valence-electron chi connectivity index (χ3n) is 2.85. The second kappa shape index (κ2) is 6.83. The molecule has 0 amide bonds. The fraction of sp³-hybridized carbons (Fsp3) is 0.538. The van der Waals surface area contributed by atoms with Gasteiger partial charge in [-0.25, -0.2) is 9.97 Å². The molecule has 0 saturated carbocycles. The van der Waals surface area contributed by atoms with E-state index < -0.39 is 0 Å². The lowest BCUT2D eigenvalue weighted by Crippen LogP contribution is -2.12. The van der Waals surface area contributed by atoms with Crippen LogP contribution in [-0.2, 0) is 12.8 Å². The van der Waals surface area contributed by atoms with Crippen molar-refractivity contribution >= 4 is 11.6 Å². The van der Waals surface area contributed by atoms with Crippen LogP contribution in [0.2, 0.25) is 0 Å². The van der Waals surface area contributed by atoms with Crippen molar-refractivity contribution in [2.24, 2.45) is 0 Å². The van der Waals surface area contributed by atoms with Gasteiger partial charge in [-0.1, -0.05) is 12.1 Å². The molecule has 2 heterocycles. The van der Waals surface area contributed by atoms with Crippen LogP contribution in [0.25, 0.3) is 0 Å². The lowest BCUT2D eigenvalue weighted by molar-refractivity contribution is 0.387. The second-order valence-corrected chi connectivity index (χ2v) is 4.34. The Morgan fingerprint density at radius 3 is 2.50 bits per heavy atom. The molecule has 0 aromatic carbocycles. The van der Waals surface area contributed by atoms with Gasteiger partial charge < -0.3 is 15.2 Å². The highest BCUT2D eigenvalue weighted by atomic mass is 16.5. The van der Waals surface area contributed by atoms with Gasteiger partial charge in [0.15, 0.2) is 5.82 Å². The predicted molar refractivity (Wildman–Crippen MR) is 76.8 cm³/mol. The molecular formula is C13H20N6O. The Bertz CT molecular complexity index is 554. The van der Waals surface area contributed by atoms with Crippen LogP contribution in [0.1, 0.15) is 31.1 Å². The molecule has 0 unspecified atom stereocenters. The van der Waals surface area contributed by atoms with Crippen molar-refractivity contribution in [2.45, 2.75) is 33.6 Å². The van der Waals surface area contributed by atoms with Crippen LogP contribution in [0.3, 0.4) is 0 Å². The van der Waals surface area contributed by atoms with E-state index in [4.69, 9.17) is 4.52 Å². The van der Waals surface area contributed by atoms with Crippen molar-refractivity contribution in [3.63, 3.8) is 0 Å². The number of hydrogen-bond acceptors (Lipinski definition) is 7. The van der Waals surface area contributed by atoms with Gasteiger partial charge in [-0.15, -0.1) is 0 Å². The molecule has 20 heavy (non-hydrogen) atoms. The Hall–Kier alpha value is -2.18. The minimum atomic E-state index is 0.589. The first-order chi connectivity index (χ1) is 9.74. The highest BCUT2D eigenvalue weighted by Gasteiger charge is 2.09. The van der Waals surface area contributed by atoms with Gasteiger partial charge in [0.1, 0.15) is 18.0 Å². The van der Waals surface area contributed by atoms with Gasteiger partial charge in [0.05, 0.1) is 0 Å². The summed E-state index contributed by atoms with van der Waals surface area (Å²) in [6.07, 6.45) is 3.13. The maximum absolute atomic E-state index is 4.94. The molecule has 0 aliphatic carbocycles. The minimum Gasteiger partial charge on any atom is -0.370 e. The zero-order chi connectivity index (χ0) is 14.4. The van der Waals surface area contributed by atoms with E-state index in [0.29, 0.717) is 24.7 Å². The molecule has 0 bridgehead atoms. The Balaban J connectivity index is 1.99. The van der Waals surface area contributed by atoms with E-state index >= 15 is 0 Å². The first-order valence-electron chi connectivity index (χ1n) is 6.85. The average molecular weight is 276 g/mol. The smallest absolute Gasteiger partial charge is 0.223 e. The molecule has 0 radical (unpaired) electrons. The fourth-order valence-corrected chi connectivity index (χ4v) is 1.95.